The van der Waals surface area contributed by atoms with Crippen LogP contribution in [0.25, 0.3) is 0 Å². The van der Waals surface area contributed by atoms with Gasteiger partial charge in [-0.05, 0) is 30.0 Å². The first-order valence-corrected chi connectivity index (χ1v) is 6.99. The first-order valence-electron chi connectivity index (χ1n) is 6.07. The number of alkyl halides is 1. The van der Waals surface area contributed by atoms with Crippen LogP contribution in [0.3, 0.4) is 0 Å². The lowest BCUT2D eigenvalue weighted by atomic mass is 9.85. The van der Waals surface area contributed by atoms with E-state index in [1.165, 1.54) is 18.2 Å². The SMILES string of the molecule is CC(C)(C)C(CCCl)NC(=O)c1ccc(F)c(Cl)c1. The van der Waals surface area contributed by atoms with Crippen LogP contribution in [0.5, 0.6) is 0 Å². The van der Waals surface area contributed by atoms with Crippen LogP contribution >= 0.6 is 23.2 Å². The molecule has 1 aromatic rings. The zero-order valence-electron chi connectivity index (χ0n) is 11.3. The molecule has 0 heterocycles. The zero-order valence-corrected chi connectivity index (χ0v) is 12.8. The second-order valence-electron chi connectivity index (χ2n) is 5.50. The minimum atomic E-state index is -0.536. The molecule has 19 heavy (non-hydrogen) atoms. The molecule has 0 bridgehead atoms. The summed E-state index contributed by atoms with van der Waals surface area (Å²) in [6, 6.07) is 3.87. The molecular weight excluding hydrogens is 288 g/mol. The second-order valence-corrected chi connectivity index (χ2v) is 6.28. The van der Waals surface area contributed by atoms with Gasteiger partial charge in [-0.3, -0.25) is 4.79 Å². The summed E-state index contributed by atoms with van der Waals surface area (Å²) in [5.74, 6) is -0.342. The molecule has 0 radical (unpaired) electrons. The number of hydrogen-bond acceptors (Lipinski definition) is 1. The maximum atomic E-state index is 13.1. The standard InChI is InChI=1S/C14H18Cl2FNO/c1-14(2,3)12(6-7-15)18-13(19)9-4-5-11(17)10(16)8-9/h4-5,8,12H,6-7H2,1-3H3,(H,18,19). The Morgan fingerprint density at radius 3 is 2.53 bits per heavy atom. The smallest absolute Gasteiger partial charge is 0.251 e. The summed E-state index contributed by atoms with van der Waals surface area (Å²) in [5.41, 5.74) is 0.240. The first-order chi connectivity index (χ1) is 8.75. The fourth-order valence-electron chi connectivity index (χ4n) is 1.71. The summed E-state index contributed by atoms with van der Waals surface area (Å²) < 4.78 is 13.1. The third kappa shape index (κ3) is 4.66. The number of rotatable bonds is 4. The van der Waals surface area contributed by atoms with E-state index < -0.39 is 5.82 Å². The van der Waals surface area contributed by atoms with E-state index in [0.717, 1.165) is 0 Å². The van der Waals surface area contributed by atoms with Crippen molar-refractivity contribution >= 4 is 29.1 Å². The van der Waals surface area contributed by atoms with Gasteiger partial charge in [-0.15, -0.1) is 11.6 Å². The van der Waals surface area contributed by atoms with Gasteiger partial charge in [-0.1, -0.05) is 32.4 Å². The summed E-state index contributed by atoms with van der Waals surface area (Å²) in [5, 5.41) is 2.86. The molecule has 1 amide bonds. The predicted molar refractivity (Wildman–Crippen MR) is 77.5 cm³/mol. The van der Waals surface area contributed by atoms with Gasteiger partial charge in [0.1, 0.15) is 5.82 Å². The normalized spacial score (nSPS) is 13.2. The number of benzene rings is 1. The van der Waals surface area contributed by atoms with Crippen LogP contribution in [0.4, 0.5) is 4.39 Å². The molecule has 5 heteroatoms. The monoisotopic (exact) mass is 305 g/mol. The fourth-order valence-corrected chi connectivity index (χ4v) is 2.11. The van der Waals surface area contributed by atoms with Crippen molar-refractivity contribution < 1.29 is 9.18 Å². The summed E-state index contributed by atoms with van der Waals surface area (Å²) in [6.07, 6.45) is 0.672. The van der Waals surface area contributed by atoms with Gasteiger partial charge < -0.3 is 5.32 Å². The van der Waals surface area contributed by atoms with Gasteiger partial charge in [0.15, 0.2) is 0 Å². The number of hydrogen-bond donors (Lipinski definition) is 1. The van der Waals surface area contributed by atoms with E-state index in [4.69, 9.17) is 23.2 Å². The van der Waals surface area contributed by atoms with Crippen LogP contribution in [-0.2, 0) is 0 Å². The Hall–Kier alpha value is -0.800. The topological polar surface area (TPSA) is 29.1 Å². The van der Waals surface area contributed by atoms with Crippen LogP contribution in [0.1, 0.15) is 37.6 Å². The molecule has 0 aliphatic rings. The van der Waals surface area contributed by atoms with E-state index in [1.807, 2.05) is 20.8 Å². The molecule has 1 unspecified atom stereocenters. The molecule has 106 valence electrons. The first kappa shape index (κ1) is 16.3. The average molecular weight is 306 g/mol. The molecule has 0 aliphatic heterocycles. The zero-order chi connectivity index (χ0) is 14.6. The summed E-state index contributed by atoms with van der Waals surface area (Å²) >= 11 is 11.4. The molecule has 0 fully saturated rings. The maximum absolute atomic E-state index is 13.1. The summed E-state index contributed by atoms with van der Waals surface area (Å²) in [4.78, 5) is 12.1. The van der Waals surface area contributed by atoms with Crippen LogP contribution < -0.4 is 5.32 Å². The Morgan fingerprint density at radius 1 is 1.42 bits per heavy atom. The number of halogens is 3. The van der Waals surface area contributed by atoms with E-state index in [0.29, 0.717) is 17.9 Å². The lowest BCUT2D eigenvalue weighted by molar-refractivity contribution is 0.0900. The highest BCUT2D eigenvalue weighted by Crippen LogP contribution is 2.23. The van der Waals surface area contributed by atoms with Gasteiger partial charge in [0, 0.05) is 17.5 Å². The van der Waals surface area contributed by atoms with Crippen molar-refractivity contribution in [2.45, 2.75) is 33.2 Å². The van der Waals surface area contributed by atoms with Gasteiger partial charge in [-0.2, -0.15) is 0 Å². The lowest BCUT2D eigenvalue weighted by Gasteiger charge is -2.31. The van der Waals surface area contributed by atoms with Crippen molar-refractivity contribution in [3.8, 4) is 0 Å². The largest absolute Gasteiger partial charge is 0.349 e. The minimum Gasteiger partial charge on any atom is -0.349 e. The van der Waals surface area contributed by atoms with Crippen molar-refractivity contribution in [3.05, 3.63) is 34.6 Å². The number of amides is 1. The predicted octanol–water partition coefficient (Wildman–Crippen LogP) is 4.25. The maximum Gasteiger partial charge on any atom is 0.251 e. The molecule has 0 saturated carbocycles. The van der Waals surface area contributed by atoms with Crippen LogP contribution in [-0.4, -0.2) is 17.8 Å². The van der Waals surface area contributed by atoms with Gasteiger partial charge in [0.25, 0.3) is 5.91 Å². The van der Waals surface area contributed by atoms with Crippen LogP contribution in [0.15, 0.2) is 18.2 Å². The van der Waals surface area contributed by atoms with E-state index in [2.05, 4.69) is 5.32 Å². The highest BCUT2D eigenvalue weighted by Gasteiger charge is 2.26. The number of carbonyl (C=O) groups excluding carboxylic acids is 1. The Bertz CT molecular complexity index is 457. The summed E-state index contributed by atoms with van der Waals surface area (Å²) in [6.45, 7) is 6.09. The Balaban J connectivity index is 2.84. The fraction of sp³-hybridized carbons (Fsp3) is 0.500. The highest BCUT2D eigenvalue weighted by atomic mass is 35.5. The van der Waals surface area contributed by atoms with E-state index >= 15 is 0 Å². The van der Waals surface area contributed by atoms with Gasteiger partial charge >= 0.3 is 0 Å². The minimum absolute atomic E-state index is 0.0543. The molecule has 0 aromatic heterocycles. The van der Waals surface area contributed by atoms with E-state index in [1.54, 1.807) is 0 Å². The summed E-state index contributed by atoms with van der Waals surface area (Å²) in [7, 11) is 0. The Kier molecular flexibility index (Phi) is 5.63. The molecule has 0 saturated heterocycles. The molecule has 1 atom stereocenters. The molecule has 0 aliphatic carbocycles. The van der Waals surface area contributed by atoms with Crippen molar-refractivity contribution in [2.24, 2.45) is 5.41 Å². The Labute approximate surface area is 123 Å². The highest BCUT2D eigenvalue weighted by molar-refractivity contribution is 6.31. The quantitative estimate of drug-likeness (QED) is 0.828. The van der Waals surface area contributed by atoms with Crippen molar-refractivity contribution in [2.75, 3.05) is 5.88 Å². The van der Waals surface area contributed by atoms with Crippen LogP contribution in [0, 0.1) is 11.2 Å². The Morgan fingerprint density at radius 2 is 2.05 bits per heavy atom. The molecule has 2 nitrogen and oxygen atoms in total. The van der Waals surface area contributed by atoms with Gasteiger partial charge in [0.05, 0.1) is 5.02 Å². The molecule has 1 aromatic carbocycles. The second kappa shape index (κ2) is 6.58. The lowest BCUT2D eigenvalue weighted by Crippen LogP contribution is -2.44. The van der Waals surface area contributed by atoms with Crippen molar-refractivity contribution in [1.82, 2.24) is 5.32 Å². The third-order valence-corrected chi connectivity index (χ3v) is 3.44. The van der Waals surface area contributed by atoms with Gasteiger partial charge in [-0.25, -0.2) is 4.39 Å². The molecular formula is C14H18Cl2FNO. The van der Waals surface area contributed by atoms with Crippen LogP contribution in [0.2, 0.25) is 5.02 Å². The average Bonchev–Trinajstić information content (AvgIpc) is 2.30. The van der Waals surface area contributed by atoms with Gasteiger partial charge in [0.2, 0.25) is 0 Å². The third-order valence-electron chi connectivity index (χ3n) is 2.93. The van der Waals surface area contributed by atoms with Crippen molar-refractivity contribution in [3.63, 3.8) is 0 Å². The number of carbonyl (C=O) groups is 1. The van der Waals surface area contributed by atoms with Crippen molar-refractivity contribution in [1.29, 1.82) is 0 Å². The van der Waals surface area contributed by atoms with E-state index in [9.17, 15) is 9.18 Å². The van der Waals surface area contributed by atoms with E-state index in [-0.39, 0.29) is 22.4 Å². The molecule has 1 N–H and O–H groups in total. The number of nitrogens with one attached hydrogen (secondary N) is 1. The molecule has 0 spiro atoms. The molecule has 1 rings (SSSR count).